The predicted octanol–water partition coefficient (Wildman–Crippen LogP) is 2.15. The van der Waals surface area contributed by atoms with E-state index in [9.17, 15) is 35.8 Å². The molecule has 0 aromatic carbocycles. The van der Waals surface area contributed by atoms with E-state index >= 15 is 0 Å². The van der Waals surface area contributed by atoms with Crippen LogP contribution >= 0.6 is 0 Å². The van der Waals surface area contributed by atoms with E-state index in [1.54, 1.807) is 0 Å². The molecule has 0 bridgehead atoms. The SMILES string of the molecule is CC1(C)CC(NCCCS(=O)(=O)O)=Cc2oc3cc(=[N+](CCCCCC(=O)ON4C(=O)CCC4=O)CCCS(=O)(=O)[O-])ccc-3cc21. The highest BCUT2D eigenvalue weighted by Crippen LogP contribution is 2.40. The monoisotopic (exact) mass is 695 g/mol. The molecule has 0 atom stereocenters. The maximum Gasteiger partial charge on any atom is 0.333 e. The van der Waals surface area contributed by atoms with E-state index in [2.05, 4.69) is 25.2 Å². The van der Waals surface area contributed by atoms with Gasteiger partial charge in [-0.1, -0.05) is 13.8 Å². The number of carbonyl (C=O) groups excluding carboxylic acids is 3. The van der Waals surface area contributed by atoms with Crippen LogP contribution in [-0.4, -0.2) is 79.9 Å². The largest absolute Gasteiger partial charge is 0.748 e. The lowest BCUT2D eigenvalue weighted by atomic mass is 9.76. The van der Waals surface area contributed by atoms with Crippen molar-refractivity contribution in [1.29, 1.82) is 0 Å². The van der Waals surface area contributed by atoms with Crippen molar-refractivity contribution in [3.8, 4) is 11.3 Å². The Kier molecular flexibility index (Phi) is 11.6. The highest BCUT2D eigenvalue weighted by molar-refractivity contribution is 7.85. The number of carbonyl (C=O) groups is 3. The molecule has 2 aliphatic carbocycles. The van der Waals surface area contributed by atoms with Crippen molar-refractivity contribution in [3.05, 3.63) is 46.6 Å². The fraction of sp³-hybridized carbons (Fsp3) is 0.548. The van der Waals surface area contributed by atoms with Gasteiger partial charge in [0.25, 0.3) is 21.9 Å². The second-order valence-electron chi connectivity index (χ2n) is 12.5. The molecule has 16 heteroatoms. The average Bonchev–Trinajstić information content (AvgIpc) is 3.28. The first kappa shape index (κ1) is 36.2. The van der Waals surface area contributed by atoms with Crippen LogP contribution in [0.2, 0.25) is 0 Å². The number of hydrogen-bond acceptors (Lipinski definition) is 11. The Labute approximate surface area is 274 Å². The summed E-state index contributed by atoms with van der Waals surface area (Å²) in [6.45, 7) is 5.33. The molecular weight excluding hydrogens is 654 g/mol. The Hall–Kier alpha value is -3.60. The molecule has 4 rings (SSSR count). The first-order chi connectivity index (χ1) is 22.0. The molecule has 0 spiro atoms. The lowest BCUT2D eigenvalue weighted by Crippen LogP contribution is -2.33. The third-order valence-electron chi connectivity index (χ3n) is 8.08. The molecule has 258 valence electrons. The van der Waals surface area contributed by atoms with Crippen LogP contribution in [0.1, 0.15) is 83.0 Å². The van der Waals surface area contributed by atoms with Crippen LogP contribution in [-0.2, 0) is 44.9 Å². The molecule has 0 aromatic heterocycles. The zero-order chi connectivity index (χ0) is 34.4. The van der Waals surface area contributed by atoms with Gasteiger partial charge < -0.3 is 19.1 Å². The van der Waals surface area contributed by atoms with E-state index in [1.807, 2.05) is 28.9 Å². The van der Waals surface area contributed by atoms with Gasteiger partial charge >= 0.3 is 5.97 Å². The number of rotatable bonds is 16. The van der Waals surface area contributed by atoms with E-state index in [0.29, 0.717) is 61.9 Å². The van der Waals surface area contributed by atoms with Gasteiger partial charge in [-0.05, 0) is 43.2 Å². The molecule has 14 nitrogen and oxygen atoms in total. The number of hydroxylamine groups is 2. The normalized spacial score (nSPS) is 17.0. The van der Waals surface area contributed by atoms with Gasteiger partial charge in [0, 0.05) is 73.4 Å². The van der Waals surface area contributed by atoms with E-state index in [1.165, 1.54) is 0 Å². The van der Waals surface area contributed by atoms with E-state index in [-0.39, 0.29) is 43.3 Å². The van der Waals surface area contributed by atoms with Gasteiger partial charge in [-0.2, -0.15) is 8.42 Å². The quantitative estimate of drug-likeness (QED) is 0.112. The highest BCUT2D eigenvalue weighted by atomic mass is 32.2. The van der Waals surface area contributed by atoms with Crippen molar-refractivity contribution in [2.24, 2.45) is 0 Å². The predicted molar refractivity (Wildman–Crippen MR) is 170 cm³/mol. The zero-order valence-corrected chi connectivity index (χ0v) is 28.2. The van der Waals surface area contributed by atoms with Gasteiger partial charge in [-0.3, -0.25) is 14.1 Å². The first-order valence-corrected chi connectivity index (χ1v) is 18.8. The van der Waals surface area contributed by atoms with Crippen LogP contribution in [0, 0.1) is 0 Å². The van der Waals surface area contributed by atoms with Gasteiger partial charge in [-0.25, -0.2) is 17.8 Å². The molecule has 2 heterocycles. The minimum atomic E-state index is -4.39. The van der Waals surface area contributed by atoms with Gasteiger partial charge in [0.05, 0.1) is 21.9 Å². The third-order valence-corrected chi connectivity index (χ3v) is 9.67. The second-order valence-corrected chi connectivity index (χ2v) is 15.6. The van der Waals surface area contributed by atoms with Gasteiger partial charge in [0.1, 0.15) is 24.6 Å². The van der Waals surface area contributed by atoms with Crippen LogP contribution in [0.3, 0.4) is 0 Å². The van der Waals surface area contributed by atoms with E-state index in [4.69, 9.17) is 13.8 Å². The molecule has 0 unspecified atom stereocenters. The van der Waals surface area contributed by atoms with Crippen LogP contribution in [0.5, 0.6) is 0 Å². The molecule has 0 saturated carbocycles. The summed E-state index contributed by atoms with van der Waals surface area (Å²) in [5.74, 6) is -1.33. The fourth-order valence-corrected chi connectivity index (χ4v) is 6.71. The van der Waals surface area contributed by atoms with Crippen LogP contribution < -0.4 is 15.2 Å². The van der Waals surface area contributed by atoms with Crippen LogP contribution in [0.15, 0.2) is 34.4 Å². The summed E-state index contributed by atoms with van der Waals surface area (Å²) >= 11 is 0. The third kappa shape index (κ3) is 10.7. The number of imide groups is 1. The maximum atomic E-state index is 12.1. The number of hydrogen-bond donors (Lipinski definition) is 2. The Balaban J connectivity index is 1.49. The van der Waals surface area contributed by atoms with Gasteiger partial charge in [0.2, 0.25) is 5.36 Å². The smallest absolute Gasteiger partial charge is 0.333 e. The number of unbranched alkanes of at least 4 members (excludes halogenated alkanes) is 2. The average molecular weight is 696 g/mol. The molecular formula is C31H41N3O11S2. The Morgan fingerprint density at radius 2 is 1.72 bits per heavy atom. The van der Waals surface area contributed by atoms with Crippen LogP contribution in [0.25, 0.3) is 17.4 Å². The number of amides is 2. The molecule has 1 saturated heterocycles. The first-order valence-electron chi connectivity index (χ1n) is 15.6. The number of allylic oxidation sites excluding steroid dienone is 1. The Morgan fingerprint density at radius 3 is 2.40 bits per heavy atom. The number of fused-ring (bicyclic) bond motifs is 2. The molecule has 47 heavy (non-hydrogen) atoms. The lowest BCUT2D eigenvalue weighted by Gasteiger charge is -2.32. The topological polar surface area (TPSA) is 203 Å². The van der Waals surface area contributed by atoms with Crippen molar-refractivity contribution in [2.45, 2.75) is 77.0 Å². The summed E-state index contributed by atoms with van der Waals surface area (Å²) < 4.78 is 73.2. The number of benzene rings is 1. The molecule has 2 aliphatic heterocycles. The van der Waals surface area contributed by atoms with E-state index in [0.717, 1.165) is 22.2 Å². The summed E-state index contributed by atoms with van der Waals surface area (Å²) in [6, 6.07) is 7.76. The summed E-state index contributed by atoms with van der Waals surface area (Å²) in [5.41, 5.74) is 2.47. The van der Waals surface area contributed by atoms with Crippen molar-refractivity contribution >= 4 is 44.1 Å². The standard InChI is InChI=1S/C31H41N3O11S2/c1-31(2)21-23(32-13-6-16-46(38,39)40)19-27-25(31)18-22-9-10-24(20-26(22)44-27)33(15-7-17-47(41,42)43)14-5-3-4-8-30(37)45-34-28(35)11-12-29(34)36/h9-10,18-20H,3-8,11-17,21H2,1-2H3,(H2,38,39,40,41,42,43). The van der Waals surface area contributed by atoms with Crippen molar-refractivity contribution in [3.63, 3.8) is 0 Å². The molecule has 2 amide bonds. The molecule has 2 N–H and O–H groups in total. The van der Waals surface area contributed by atoms with E-state index < -0.39 is 43.8 Å². The zero-order valence-electron chi connectivity index (χ0n) is 26.5. The minimum Gasteiger partial charge on any atom is -0.748 e. The van der Waals surface area contributed by atoms with Crippen molar-refractivity contribution < 1.29 is 49.6 Å². The van der Waals surface area contributed by atoms with Crippen molar-refractivity contribution in [1.82, 2.24) is 15.0 Å². The number of nitrogens with one attached hydrogen (secondary N) is 1. The summed E-state index contributed by atoms with van der Waals surface area (Å²) in [7, 11) is -8.42. The fourth-order valence-electron chi connectivity index (χ4n) is 5.72. The van der Waals surface area contributed by atoms with Crippen LogP contribution in [0.4, 0.5) is 0 Å². The van der Waals surface area contributed by atoms with Gasteiger partial charge in [-0.15, -0.1) is 5.06 Å². The molecule has 0 aromatic rings. The summed E-state index contributed by atoms with van der Waals surface area (Å²) in [4.78, 5) is 40.3. The summed E-state index contributed by atoms with van der Waals surface area (Å²) in [5, 5.41) is 4.53. The lowest BCUT2D eigenvalue weighted by molar-refractivity contribution is -0.197. The molecule has 4 aliphatic rings. The molecule has 0 radical (unpaired) electrons. The van der Waals surface area contributed by atoms with Gasteiger partial charge in [0.15, 0.2) is 0 Å². The Bertz CT molecular complexity index is 1780. The molecule has 1 fully saturated rings. The minimum absolute atomic E-state index is 0.0205. The Morgan fingerprint density at radius 1 is 1.02 bits per heavy atom. The second kappa shape index (κ2) is 15.1. The highest BCUT2D eigenvalue weighted by Gasteiger charge is 2.33. The summed E-state index contributed by atoms with van der Waals surface area (Å²) in [6.07, 6.45) is 4.68. The maximum absolute atomic E-state index is 12.1. The number of nitrogens with zero attached hydrogens (tertiary/aromatic N) is 2. The van der Waals surface area contributed by atoms with Crippen molar-refractivity contribution in [2.75, 3.05) is 31.1 Å².